The first-order valence-electron chi connectivity index (χ1n) is 5.44. The largest absolute Gasteiger partial charge is 0.398 e. The first-order chi connectivity index (χ1) is 8.61. The number of carbonyl (C=O) groups is 1. The molecular weight excluding hydrogens is 226 g/mol. The van der Waals surface area contributed by atoms with Crippen LogP contribution in [0, 0.1) is 5.41 Å². The first kappa shape index (κ1) is 11.9. The zero-order chi connectivity index (χ0) is 13.1. The Morgan fingerprint density at radius 3 is 1.94 bits per heavy atom. The van der Waals surface area contributed by atoms with E-state index in [0.717, 1.165) is 0 Å². The Morgan fingerprint density at radius 2 is 1.39 bits per heavy atom. The summed E-state index contributed by atoms with van der Waals surface area (Å²) in [7, 11) is 0. The Labute approximate surface area is 105 Å². The van der Waals surface area contributed by atoms with Gasteiger partial charge in [0.15, 0.2) is 5.78 Å². The van der Waals surface area contributed by atoms with Crippen molar-refractivity contribution in [1.29, 1.82) is 5.41 Å². The summed E-state index contributed by atoms with van der Waals surface area (Å²) in [6.07, 6.45) is 0. The minimum absolute atomic E-state index is 0.131. The topological polar surface area (TPSA) is 93.0 Å². The number of hydrogen-bond donors (Lipinski definition) is 3. The van der Waals surface area contributed by atoms with Crippen molar-refractivity contribution in [3.8, 4) is 0 Å². The second-order valence-electron chi connectivity index (χ2n) is 3.88. The van der Waals surface area contributed by atoms with E-state index < -0.39 is 0 Å². The summed E-state index contributed by atoms with van der Waals surface area (Å²) in [5.41, 5.74) is 12.9. The Hall–Kier alpha value is -2.62. The number of para-hydroxylation sites is 1. The van der Waals surface area contributed by atoms with Crippen molar-refractivity contribution in [2.75, 3.05) is 5.73 Å². The maximum Gasteiger partial charge on any atom is 0.195 e. The van der Waals surface area contributed by atoms with Gasteiger partial charge < -0.3 is 11.5 Å². The minimum atomic E-state index is -0.223. The molecule has 0 atom stereocenters. The van der Waals surface area contributed by atoms with Gasteiger partial charge in [-0.3, -0.25) is 10.2 Å². The number of nitrogens with two attached hydrogens (primary N) is 2. The molecule has 0 fully saturated rings. The van der Waals surface area contributed by atoms with Crippen LogP contribution in [0.1, 0.15) is 21.5 Å². The van der Waals surface area contributed by atoms with Gasteiger partial charge >= 0.3 is 0 Å². The van der Waals surface area contributed by atoms with Crippen LogP contribution in [0.2, 0.25) is 0 Å². The Bertz CT molecular complexity index is 620. The van der Waals surface area contributed by atoms with Crippen LogP contribution < -0.4 is 11.5 Å². The van der Waals surface area contributed by atoms with Gasteiger partial charge in [-0.15, -0.1) is 0 Å². The van der Waals surface area contributed by atoms with E-state index >= 15 is 0 Å². The summed E-state index contributed by atoms with van der Waals surface area (Å²) in [6, 6.07) is 13.6. The Balaban J connectivity index is 2.54. The van der Waals surface area contributed by atoms with E-state index in [1.54, 1.807) is 48.5 Å². The van der Waals surface area contributed by atoms with Crippen molar-refractivity contribution in [3.05, 3.63) is 65.2 Å². The highest BCUT2D eigenvalue weighted by atomic mass is 16.1. The minimum Gasteiger partial charge on any atom is -0.398 e. The monoisotopic (exact) mass is 239 g/mol. The average Bonchev–Trinajstić information content (AvgIpc) is 2.38. The Morgan fingerprint density at radius 1 is 0.889 bits per heavy atom. The van der Waals surface area contributed by atoms with Crippen molar-refractivity contribution in [2.45, 2.75) is 0 Å². The Kier molecular flexibility index (Phi) is 3.10. The van der Waals surface area contributed by atoms with E-state index in [9.17, 15) is 4.79 Å². The molecular formula is C14H13N3O. The van der Waals surface area contributed by atoms with Crippen LogP contribution in [0.3, 0.4) is 0 Å². The lowest BCUT2D eigenvalue weighted by Gasteiger charge is -2.08. The number of nitrogen functional groups attached to an aromatic ring is 2. The number of hydrogen-bond acceptors (Lipinski definition) is 3. The normalized spacial score (nSPS) is 10.0. The van der Waals surface area contributed by atoms with Gasteiger partial charge in [0, 0.05) is 22.4 Å². The van der Waals surface area contributed by atoms with E-state index in [1.165, 1.54) is 0 Å². The van der Waals surface area contributed by atoms with Gasteiger partial charge in [0.2, 0.25) is 0 Å². The zero-order valence-electron chi connectivity index (χ0n) is 9.68. The summed E-state index contributed by atoms with van der Waals surface area (Å²) in [6.45, 7) is 0. The molecule has 2 aromatic rings. The van der Waals surface area contributed by atoms with Crippen LogP contribution in [-0.4, -0.2) is 11.6 Å². The molecule has 90 valence electrons. The van der Waals surface area contributed by atoms with E-state index in [2.05, 4.69) is 0 Å². The van der Waals surface area contributed by atoms with Gasteiger partial charge in [0.1, 0.15) is 5.84 Å². The highest BCUT2D eigenvalue weighted by Crippen LogP contribution is 2.18. The summed E-state index contributed by atoms with van der Waals surface area (Å²) in [4.78, 5) is 12.4. The molecule has 0 unspecified atom stereocenters. The fraction of sp³-hybridized carbons (Fsp3) is 0. The molecule has 0 saturated heterocycles. The maximum atomic E-state index is 12.4. The number of nitrogens with one attached hydrogen (secondary N) is 1. The predicted molar refractivity (Wildman–Crippen MR) is 71.7 cm³/mol. The number of anilines is 1. The fourth-order valence-corrected chi connectivity index (χ4v) is 1.76. The molecule has 0 aromatic heterocycles. The molecule has 0 bridgehead atoms. The number of benzene rings is 2. The molecule has 0 aliphatic rings. The van der Waals surface area contributed by atoms with Crippen LogP contribution >= 0.6 is 0 Å². The SMILES string of the molecule is N=C(N)c1ccccc1C(=O)c1ccccc1N. The quantitative estimate of drug-likeness (QED) is 0.330. The van der Waals surface area contributed by atoms with Crippen molar-refractivity contribution in [2.24, 2.45) is 5.73 Å². The second-order valence-corrected chi connectivity index (χ2v) is 3.88. The molecule has 0 saturated carbocycles. The molecule has 2 aromatic carbocycles. The fourth-order valence-electron chi connectivity index (χ4n) is 1.76. The molecule has 0 spiro atoms. The van der Waals surface area contributed by atoms with Crippen LogP contribution in [0.5, 0.6) is 0 Å². The van der Waals surface area contributed by atoms with Gasteiger partial charge in [-0.05, 0) is 12.1 Å². The lowest BCUT2D eigenvalue weighted by atomic mass is 9.97. The summed E-state index contributed by atoms with van der Waals surface area (Å²) in [5, 5.41) is 7.48. The molecule has 0 heterocycles. The average molecular weight is 239 g/mol. The number of rotatable bonds is 3. The van der Waals surface area contributed by atoms with Gasteiger partial charge in [-0.2, -0.15) is 0 Å². The summed E-state index contributed by atoms with van der Waals surface area (Å²) >= 11 is 0. The highest BCUT2D eigenvalue weighted by molar-refractivity contribution is 6.17. The molecule has 2 rings (SSSR count). The molecule has 0 radical (unpaired) electrons. The summed E-state index contributed by atoms with van der Waals surface area (Å²) in [5.74, 6) is -0.354. The van der Waals surface area contributed by atoms with Crippen molar-refractivity contribution in [1.82, 2.24) is 0 Å². The van der Waals surface area contributed by atoms with Gasteiger partial charge in [-0.25, -0.2) is 0 Å². The third-order valence-corrected chi connectivity index (χ3v) is 2.67. The molecule has 5 N–H and O–H groups in total. The lowest BCUT2D eigenvalue weighted by Crippen LogP contribution is -2.17. The van der Waals surface area contributed by atoms with Gasteiger partial charge in [-0.1, -0.05) is 36.4 Å². The molecule has 0 aliphatic carbocycles. The number of amidine groups is 1. The second kappa shape index (κ2) is 4.71. The van der Waals surface area contributed by atoms with E-state index in [0.29, 0.717) is 22.4 Å². The molecule has 0 amide bonds. The number of ketones is 1. The van der Waals surface area contributed by atoms with Crippen LogP contribution in [-0.2, 0) is 0 Å². The van der Waals surface area contributed by atoms with Crippen LogP contribution in [0.25, 0.3) is 0 Å². The van der Waals surface area contributed by atoms with E-state index in [-0.39, 0.29) is 11.6 Å². The van der Waals surface area contributed by atoms with Crippen LogP contribution in [0.4, 0.5) is 5.69 Å². The highest BCUT2D eigenvalue weighted by Gasteiger charge is 2.16. The molecule has 4 heteroatoms. The molecule has 18 heavy (non-hydrogen) atoms. The maximum absolute atomic E-state index is 12.4. The van der Waals surface area contributed by atoms with Crippen molar-refractivity contribution >= 4 is 17.3 Å². The van der Waals surface area contributed by atoms with E-state index in [4.69, 9.17) is 16.9 Å². The zero-order valence-corrected chi connectivity index (χ0v) is 9.68. The lowest BCUT2D eigenvalue weighted by molar-refractivity contribution is 0.103. The first-order valence-corrected chi connectivity index (χ1v) is 5.44. The van der Waals surface area contributed by atoms with Gasteiger partial charge in [0.05, 0.1) is 0 Å². The molecule has 4 nitrogen and oxygen atoms in total. The summed E-state index contributed by atoms with van der Waals surface area (Å²) < 4.78 is 0. The third kappa shape index (κ3) is 2.08. The van der Waals surface area contributed by atoms with Gasteiger partial charge in [0.25, 0.3) is 0 Å². The smallest absolute Gasteiger partial charge is 0.195 e. The predicted octanol–water partition coefficient (Wildman–Crippen LogP) is 1.78. The molecule has 0 aliphatic heterocycles. The number of carbonyl (C=O) groups excluding carboxylic acids is 1. The van der Waals surface area contributed by atoms with Crippen LogP contribution in [0.15, 0.2) is 48.5 Å². The van der Waals surface area contributed by atoms with E-state index in [1.807, 2.05) is 0 Å². The van der Waals surface area contributed by atoms with Crippen molar-refractivity contribution in [3.63, 3.8) is 0 Å². The third-order valence-electron chi connectivity index (χ3n) is 2.67. The standard InChI is InChI=1S/C14H13N3O/c15-12-8-4-3-7-11(12)13(18)9-5-1-2-6-10(9)14(16)17/h1-8H,15H2,(H3,16,17). The van der Waals surface area contributed by atoms with Crippen molar-refractivity contribution < 1.29 is 4.79 Å².